The molecular formula is C20H14N4O4. The minimum absolute atomic E-state index is 0.0979. The largest absolute Gasteiger partial charge is 0.478 e. The Morgan fingerprint density at radius 2 is 1.86 bits per heavy atom. The molecule has 2 aromatic heterocycles. The van der Waals surface area contributed by atoms with Gasteiger partial charge in [-0.1, -0.05) is 24.3 Å². The molecule has 8 nitrogen and oxygen atoms in total. The lowest BCUT2D eigenvalue weighted by atomic mass is 9.86. The van der Waals surface area contributed by atoms with E-state index >= 15 is 0 Å². The van der Waals surface area contributed by atoms with E-state index in [1.807, 2.05) is 24.3 Å². The maximum Gasteiger partial charge on any atom is 0.335 e. The van der Waals surface area contributed by atoms with Gasteiger partial charge in [0.15, 0.2) is 0 Å². The summed E-state index contributed by atoms with van der Waals surface area (Å²) in [6, 6.07) is 13.7. The highest BCUT2D eigenvalue weighted by Gasteiger charge is 2.32. The van der Waals surface area contributed by atoms with E-state index in [0.717, 1.165) is 5.52 Å². The first-order valence-corrected chi connectivity index (χ1v) is 8.69. The van der Waals surface area contributed by atoms with Crippen LogP contribution in [0, 0.1) is 0 Å². The molecule has 0 radical (unpaired) electrons. The second kappa shape index (κ2) is 5.78. The Morgan fingerprint density at radius 3 is 2.61 bits per heavy atom. The summed E-state index contributed by atoms with van der Waals surface area (Å²) in [5, 5.41) is 11.9. The minimum atomic E-state index is -1.03. The quantitative estimate of drug-likeness (QED) is 0.498. The summed E-state index contributed by atoms with van der Waals surface area (Å²) in [4.78, 5) is 43.6. The standard InChI is InChI=1S/C20H14N4O4/c25-15-9-12(10-5-7-11(8-6-10)19(27)28)16-17(22-15)24-14-4-2-1-3-13(14)21-20(24)23-18(16)26/h1-8,12H,9H2,(H,22,25)(H,27,28)(H,21,23,26)/t12-/m1/s1. The number of rotatable bonds is 2. The number of fused-ring (bicyclic) bond motifs is 5. The molecule has 28 heavy (non-hydrogen) atoms. The Hall–Kier alpha value is -3.94. The van der Waals surface area contributed by atoms with Gasteiger partial charge in [-0.2, -0.15) is 0 Å². The van der Waals surface area contributed by atoms with Crippen molar-refractivity contribution in [2.75, 3.05) is 5.32 Å². The Labute approximate surface area is 157 Å². The normalized spacial score (nSPS) is 16.1. The number of nitrogens with zero attached hydrogens (tertiary/aromatic N) is 2. The number of H-pyrrole nitrogens is 1. The number of benzene rings is 2. The molecule has 0 spiro atoms. The molecule has 8 heteroatoms. The summed E-state index contributed by atoms with van der Waals surface area (Å²) in [6.45, 7) is 0. The number of amides is 1. The molecule has 0 fully saturated rings. The molecule has 0 aliphatic carbocycles. The van der Waals surface area contributed by atoms with Crippen LogP contribution in [0.4, 0.5) is 5.82 Å². The van der Waals surface area contributed by atoms with Gasteiger partial charge in [0.1, 0.15) is 5.82 Å². The number of imidazole rings is 1. The van der Waals surface area contributed by atoms with Crippen LogP contribution in [0.2, 0.25) is 0 Å². The number of aromatic carboxylic acids is 1. The fraction of sp³-hybridized carbons (Fsp3) is 0.100. The lowest BCUT2D eigenvalue weighted by molar-refractivity contribution is -0.116. The number of carbonyl (C=O) groups excluding carboxylic acids is 1. The highest BCUT2D eigenvalue weighted by molar-refractivity contribution is 5.96. The van der Waals surface area contributed by atoms with Crippen LogP contribution < -0.4 is 10.9 Å². The fourth-order valence-electron chi connectivity index (χ4n) is 3.79. The zero-order chi connectivity index (χ0) is 19.4. The summed E-state index contributed by atoms with van der Waals surface area (Å²) < 4.78 is 1.74. The summed E-state index contributed by atoms with van der Waals surface area (Å²) in [5.41, 5.74) is 2.42. The molecule has 0 saturated heterocycles. The van der Waals surface area contributed by atoms with Gasteiger partial charge >= 0.3 is 5.97 Å². The van der Waals surface area contributed by atoms with Crippen molar-refractivity contribution in [2.24, 2.45) is 0 Å². The van der Waals surface area contributed by atoms with Crippen molar-refractivity contribution in [1.82, 2.24) is 14.4 Å². The fourth-order valence-corrected chi connectivity index (χ4v) is 3.79. The van der Waals surface area contributed by atoms with Gasteiger partial charge in [0.05, 0.1) is 22.2 Å². The molecule has 1 aliphatic heterocycles. The van der Waals surface area contributed by atoms with E-state index in [2.05, 4.69) is 15.3 Å². The van der Waals surface area contributed by atoms with Crippen molar-refractivity contribution in [2.45, 2.75) is 12.3 Å². The van der Waals surface area contributed by atoms with E-state index in [4.69, 9.17) is 5.11 Å². The van der Waals surface area contributed by atoms with Crippen LogP contribution in [0.25, 0.3) is 16.8 Å². The number of nitrogens with one attached hydrogen (secondary N) is 2. The first-order valence-electron chi connectivity index (χ1n) is 8.69. The lowest BCUT2D eigenvalue weighted by Gasteiger charge is -2.25. The van der Waals surface area contributed by atoms with Gasteiger partial charge < -0.3 is 10.4 Å². The van der Waals surface area contributed by atoms with Gasteiger partial charge in [0.2, 0.25) is 11.7 Å². The van der Waals surface area contributed by atoms with Crippen LogP contribution in [0.5, 0.6) is 0 Å². The first kappa shape index (κ1) is 16.2. The molecule has 4 aromatic rings. The van der Waals surface area contributed by atoms with Gasteiger partial charge in [0.25, 0.3) is 5.56 Å². The Bertz CT molecular complexity index is 1330. The van der Waals surface area contributed by atoms with Crippen molar-refractivity contribution >= 4 is 34.5 Å². The maximum atomic E-state index is 12.9. The predicted molar refractivity (Wildman–Crippen MR) is 102 cm³/mol. The Morgan fingerprint density at radius 1 is 1.11 bits per heavy atom. The number of carboxylic acids is 1. The molecule has 0 saturated carbocycles. The number of para-hydroxylation sites is 2. The first-order chi connectivity index (χ1) is 13.5. The Balaban J connectivity index is 1.78. The van der Waals surface area contributed by atoms with Crippen molar-refractivity contribution in [3.8, 4) is 0 Å². The smallest absolute Gasteiger partial charge is 0.335 e. The van der Waals surface area contributed by atoms with E-state index in [-0.39, 0.29) is 23.5 Å². The Kier molecular flexibility index (Phi) is 3.35. The highest BCUT2D eigenvalue weighted by Crippen LogP contribution is 2.36. The molecule has 2 aromatic carbocycles. The molecule has 5 rings (SSSR count). The number of aromatic amines is 1. The number of carbonyl (C=O) groups is 2. The zero-order valence-electron chi connectivity index (χ0n) is 14.5. The third-order valence-electron chi connectivity index (χ3n) is 5.07. The molecule has 1 atom stereocenters. The third kappa shape index (κ3) is 2.31. The highest BCUT2D eigenvalue weighted by atomic mass is 16.4. The van der Waals surface area contributed by atoms with E-state index < -0.39 is 11.9 Å². The summed E-state index contributed by atoms with van der Waals surface area (Å²) in [6.07, 6.45) is 0.0979. The van der Waals surface area contributed by atoms with Gasteiger partial charge in [-0.05, 0) is 29.8 Å². The molecule has 1 amide bonds. The van der Waals surface area contributed by atoms with E-state index in [1.54, 1.807) is 16.5 Å². The van der Waals surface area contributed by atoms with Crippen LogP contribution in [-0.4, -0.2) is 31.4 Å². The van der Waals surface area contributed by atoms with Crippen LogP contribution in [0.1, 0.15) is 33.8 Å². The van der Waals surface area contributed by atoms with Crippen molar-refractivity contribution < 1.29 is 14.7 Å². The SMILES string of the molecule is O=C1C[C@H](c2ccc(C(=O)O)cc2)c2c(n3c(nc4ccccc43)[nH]c2=O)N1. The van der Waals surface area contributed by atoms with Crippen LogP contribution >= 0.6 is 0 Å². The second-order valence-electron chi connectivity index (χ2n) is 6.71. The molecule has 3 N–H and O–H groups in total. The third-order valence-corrected chi connectivity index (χ3v) is 5.07. The molecule has 0 bridgehead atoms. The van der Waals surface area contributed by atoms with E-state index in [1.165, 1.54) is 12.1 Å². The zero-order valence-corrected chi connectivity index (χ0v) is 14.5. The number of hydrogen-bond acceptors (Lipinski definition) is 4. The average molecular weight is 374 g/mol. The summed E-state index contributed by atoms with van der Waals surface area (Å²) in [7, 11) is 0. The topological polar surface area (TPSA) is 117 Å². The van der Waals surface area contributed by atoms with Crippen molar-refractivity contribution in [3.05, 3.63) is 75.6 Å². The minimum Gasteiger partial charge on any atom is -0.478 e. The molecule has 3 heterocycles. The number of hydrogen-bond donors (Lipinski definition) is 3. The number of carboxylic acid groups (broad SMARTS) is 1. The summed E-state index contributed by atoms with van der Waals surface area (Å²) >= 11 is 0. The predicted octanol–water partition coefficient (Wildman–Crippen LogP) is 2.35. The van der Waals surface area contributed by atoms with Crippen LogP contribution in [0.3, 0.4) is 0 Å². The van der Waals surface area contributed by atoms with Crippen molar-refractivity contribution in [1.29, 1.82) is 0 Å². The van der Waals surface area contributed by atoms with Crippen molar-refractivity contribution in [3.63, 3.8) is 0 Å². The van der Waals surface area contributed by atoms with Crippen LogP contribution in [0.15, 0.2) is 53.3 Å². The number of aromatic nitrogens is 3. The molecular weight excluding hydrogens is 360 g/mol. The molecule has 138 valence electrons. The molecule has 0 unspecified atom stereocenters. The van der Waals surface area contributed by atoms with Gasteiger partial charge in [0, 0.05) is 12.3 Å². The second-order valence-corrected chi connectivity index (χ2v) is 6.71. The van der Waals surface area contributed by atoms with E-state index in [9.17, 15) is 14.4 Å². The number of anilines is 1. The summed E-state index contributed by atoms with van der Waals surface area (Å²) in [5.74, 6) is -0.980. The van der Waals surface area contributed by atoms with E-state index in [0.29, 0.717) is 28.2 Å². The monoisotopic (exact) mass is 374 g/mol. The van der Waals surface area contributed by atoms with Gasteiger partial charge in [-0.15, -0.1) is 0 Å². The van der Waals surface area contributed by atoms with Gasteiger partial charge in [-0.25, -0.2) is 9.78 Å². The lowest BCUT2D eigenvalue weighted by Crippen LogP contribution is -2.32. The van der Waals surface area contributed by atoms with Crippen LogP contribution in [-0.2, 0) is 4.79 Å². The van der Waals surface area contributed by atoms with Gasteiger partial charge in [-0.3, -0.25) is 19.0 Å². The average Bonchev–Trinajstić information content (AvgIpc) is 3.05. The maximum absolute atomic E-state index is 12.9. The molecule has 1 aliphatic rings.